The molecule has 0 aliphatic carbocycles. The van der Waals surface area contributed by atoms with Crippen molar-refractivity contribution in [2.45, 2.75) is 6.54 Å². The van der Waals surface area contributed by atoms with Crippen LogP contribution in [0.2, 0.25) is 10.0 Å². The first-order chi connectivity index (χ1) is 12.5. The van der Waals surface area contributed by atoms with E-state index in [0.717, 1.165) is 11.7 Å². The average Bonchev–Trinajstić information content (AvgIpc) is 3.07. The second-order valence-electron chi connectivity index (χ2n) is 5.45. The molecule has 2 aromatic heterocycles. The first-order valence-electron chi connectivity index (χ1n) is 7.38. The lowest BCUT2D eigenvalue weighted by Crippen LogP contribution is -2.28. The van der Waals surface area contributed by atoms with E-state index in [0.29, 0.717) is 27.3 Å². The fourth-order valence-electron chi connectivity index (χ4n) is 2.56. The Morgan fingerprint density at radius 3 is 2.88 bits per heavy atom. The van der Waals surface area contributed by atoms with Gasteiger partial charge in [0.15, 0.2) is 0 Å². The summed E-state index contributed by atoms with van der Waals surface area (Å²) in [6.07, 6.45) is 1.29. The number of nitrogens with one attached hydrogen (secondary N) is 1. The quantitative estimate of drug-likeness (QED) is 0.564. The summed E-state index contributed by atoms with van der Waals surface area (Å²) in [5.74, 6) is -0.387. The van der Waals surface area contributed by atoms with Crippen LogP contribution in [0.5, 0.6) is 0 Å². The Labute approximate surface area is 160 Å². The van der Waals surface area contributed by atoms with Gasteiger partial charge in [0, 0.05) is 5.02 Å². The Balaban J connectivity index is 1.65. The molecule has 0 bridgehead atoms. The molecule has 130 valence electrons. The Hall–Kier alpha value is -2.55. The topological polar surface area (TPSA) is 89.8 Å². The number of nitrogens with zero attached hydrogens (tertiary/aromatic N) is 4. The molecule has 2 aromatic carbocycles. The highest BCUT2D eigenvalue weighted by Gasteiger charge is 2.13. The standard InChI is InChI=1S/C16H9Cl2N5O2S/c17-8-4-9-14(10(18)5-8)19-7-23(16(9)25)6-13(24)20-11-2-1-3-12-15(11)22-26-21-12/h1-5,7H,6H2,(H,20,24). The van der Waals surface area contributed by atoms with Crippen LogP contribution in [0.25, 0.3) is 21.9 Å². The van der Waals surface area contributed by atoms with Crippen LogP contribution in [0.4, 0.5) is 5.69 Å². The van der Waals surface area contributed by atoms with Gasteiger partial charge in [0.2, 0.25) is 5.91 Å². The molecule has 26 heavy (non-hydrogen) atoms. The average molecular weight is 406 g/mol. The van der Waals surface area contributed by atoms with Crippen molar-refractivity contribution in [3.63, 3.8) is 0 Å². The zero-order valence-corrected chi connectivity index (χ0v) is 15.3. The number of benzene rings is 2. The van der Waals surface area contributed by atoms with Gasteiger partial charge < -0.3 is 5.32 Å². The van der Waals surface area contributed by atoms with Gasteiger partial charge >= 0.3 is 0 Å². The van der Waals surface area contributed by atoms with Gasteiger partial charge in [-0.2, -0.15) is 8.75 Å². The van der Waals surface area contributed by atoms with Crippen molar-refractivity contribution in [2.24, 2.45) is 0 Å². The maximum atomic E-state index is 12.6. The molecule has 1 amide bonds. The second-order valence-corrected chi connectivity index (χ2v) is 6.82. The monoisotopic (exact) mass is 405 g/mol. The van der Waals surface area contributed by atoms with Crippen LogP contribution in [0.15, 0.2) is 41.5 Å². The molecule has 7 nitrogen and oxygen atoms in total. The number of fused-ring (bicyclic) bond motifs is 2. The van der Waals surface area contributed by atoms with E-state index >= 15 is 0 Å². The van der Waals surface area contributed by atoms with Gasteiger partial charge in [-0.3, -0.25) is 14.2 Å². The number of anilines is 1. The molecule has 0 unspecified atom stereocenters. The molecule has 0 saturated carbocycles. The van der Waals surface area contributed by atoms with Gasteiger partial charge in [0.05, 0.1) is 39.7 Å². The van der Waals surface area contributed by atoms with Gasteiger partial charge in [-0.05, 0) is 24.3 Å². The van der Waals surface area contributed by atoms with Crippen LogP contribution in [0, 0.1) is 0 Å². The van der Waals surface area contributed by atoms with E-state index in [1.165, 1.54) is 23.0 Å². The molecule has 2 heterocycles. The summed E-state index contributed by atoms with van der Waals surface area (Å²) >= 11 is 13.1. The van der Waals surface area contributed by atoms with Gasteiger partial charge in [0.25, 0.3) is 5.56 Å². The number of halogens is 2. The van der Waals surface area contributed by atoms with E-state index in [1.54, 1.807) is 18.2 Å². The minimum Gasteiger partial charge on any atom is -0.323 e. The molecular weight excluding hydrogens is 397 g/mol. The summed E-state index contributed by atoms with van der Waals surface area (Å²) < 4.78 is 9.48. The summed E-state index contributed by atoms with van der Waals surface area (Å²) in [5, 5.41) is 3.60. The van der Waals surface area contributed by atoms with Crippen molar-refractivity contribution in [2.75, 3.05) is 5.32 Å². The molecule has 1 N–H and O–H groups in total. The zero-order chi connectivity index (χ0) is 18.3. The number of aromatic nitrogens is 4. The Morgan fingerprint density at radius 2 is 2.04 bits per heavy atom. The lowest BCUT2D eigenvalue weighted by molar-refractivity contribution is -0.116. The Kier molecular flexibility index (Phi) is 4.31. The van der Waals surface area contributed by atoms with Crippen LogP contribution >= 0.6 is 34.9 Å². The van der Waals surface area contributed by atoms with Crippen LogP contribution in [0.3, 0.4) is 0 Å². The minimum atomic E-state index is -0.400. The normalized spacial score (nSPS) is 11.2. The van der Waals surface area contributed by atoms with Crippen molar-refractivity contribution in [1.82, 2.24) is 18.3 Å². The zero-order valence-electron chi connectivity index (χ0n) is 12.9. The summed E-state index contributed by atoms with van der Waals surface area (Å²) in [5.41, 5.74) is 1.78. The molecule has 0 spiro atoms. The lowest BCUT2D eigenvalue weighted by atomic mass is 10.2. The summed E-state index contributed by atoms with van der Waals surface area (Å²) in [6.45, 7) is -0.208. The Morgan fingerprint density at radius 1 is 1.19 bits per heavy atom. The highest BCUT2D eigenvalue weighted by molar-refractivity contribution is 7.00. The van der Waals surface area contributed by atoms with Crippen molar-refractivity contribution in [3.05, 3.63) is 57.1 Å². The summed E-state index contributed by atoms with van der Waals surface area (Å²) in [4.78, 5) is 29.1. The minimum absolute atomic E-state index is 0.208. The van der Waals surface area contributed by atoms with Crippen molar-refractivity contribution in [3.8, 4) is 0 Å². The maximum absolute atomic E-state index is 12.6. The number of carbonyl (C=O) groups excluding carboxylic acids is 1. The van der Waals surface area contributed by atoms with Crippen LogP contribution in [-0.4, -0.2) is 24.2 Å². The molecule has 4 rings (SSSR count). The number of amides is 1. The number of hydrogen-bond donors (Lipinski definition) is 1. The second kappa shape index (κ2) is 6.64. The van der Waals surface area contributed by atoms with E-state index in [9.17, 15) is 9.59 Å². The number of hydrogen-bond acceptors (Lipinski definition) is 6. The fourth-order valence-corrected chi connectivity index (χ4v) is 3.65. The van der Waals surface area contributed by atoms with Crippen molar-refractivity contribution in [1.29, 1.82) is 0 Å². The van der Waals surface area contributed by atoms with Crippen LogP contribution in [-0.2, 0) is 11.3 Å². The first kappa shape index (κ1) is 16.9. The molecule has 0 aliphatic rings. The molecule has 4 aromatic rings. The molecule has 0 saturated heterocycles. The SMILES string of the molecule is O=C(Cn1cnc2c(Cl)cc(Cl)cc2c1=O)Nc1cccc2nsnc12. The van der Waals surface area contributed by atoms with Crippen LogP contribution < -0.4 is 10.9 Å². The van der Waals surface area contributed by atoms with Gasteiger partial charge in [-0.25, -0.2) is 4.98 Å². The largest absolute Gasteiger partial charge is 0.323 e. The number of rotatable bonds is 3. The maximum Gasteiger partial charge on any atom is 0.261 e. The highest BCUT2D eigenvalue weighted by Crippen LogP contribution is 2.24. The number of carbonyl (C=O) groups is 1. The Bertz CT molecular complexity index is 1220. The van der Waals surface area contributed by atoms with Gasteiger partial charge in [-0.15, -0.1) is 0 Å². The smallest absolute Gasteiger partial charge is 0.261 e. The van der Waals surface area contributed by atoms with E-state index in [4.69, 9.17) is 23.2 Å². The van der Waals surface area contributed by atoms with Crippen molar-refractivity contribution >= 4 is 68.5 Å². The first-order valence-corrected chi connectivity index (χ1v) is 8.87. The van der Waals surface area contributed by atoms with Crippen molar-refractivity contribution < 1.29 is 4.79 Å². The molecule has 0 radical (unpaired) electrons. The molecule has 0 atom stereocenters. The summed E-state index contributed by atoms with van der Waals surface area (Å²) in [6, 6.07) is 8.29. The van der Waals surface area contributed by atoms with E-state index in [2.05, 4.69) is 19.0 Å². The third kappa shape index (κ3) is 3.03. The van der Waals surface area contributed by atoms with E-state index in [-0.39, 0.29) is 22.9 Å². The van der Waals surface area contributed by atoms with Crippen LogP contribution in [0.1, 0.15) is 0 Å². The van der Waals surface area contributed by atoms with Gasteiger partial charge in [-0.1, -0.05) is 29.3 Å². The molecule has 0 fully saturated rings. The third-order valence-corrected chi connectivity index (χ3v) is 4.77. The lowest BCUT2D eigenvalue weighted by Gasteiger charge is -2.09. The highest BCUT2D eigenvalue weighted by atomic mass is 35.5. The molecular formula is C16H9Cl2N5O2S. The van der Waals surface area contributed by atoms with E-state index < -0.39 is 5.56 Å². The molecule has 10 heteroatoms. The molecule has 0 aliphatic heterocycles. The van der Waals surface area contributed by atoms with Gasteiger partial charge in [0.1, 0.15) is 17.6 Å². The summed E-state index contributed by atoms with van der Waals surface area (Å²) in [7, 11) is 0. The fraction of sp³-hybridized carbons (Fsp3) is 0.0625. The van der Waals surface area contributed by atoms with E-state index in [1.807, 2.05) is 0 Å². The predicted molar refractivity (Wildman–Crippen MR) is 102 cm³/mol. The predicted octanol–water partition coefficient (Wildman–Crippen LogP) is 3.35. The third-order valence-electron chi connectivity index (χ3n) is 3.72.